The summed E-state index contributed by atoms with van der Waals surface area (Å²) in [4.78, 5) is 29.1. The van der Waals surface area contributed by atoms with Crippen molar-refractivity contribution in [3.63, 3.8) is 0 Å². The number of fused-ring (bicyclic) bond motifs is 1. The number of esters is 1. The molecule has 4 rings (SSSR count). The summed E-state index contributed by atoms with van der Waals surface area (Å²) in [5.74, 6) is -0.602. The van der Waals surface area contributed by atoms with Gasteiger partial charge in [0.2, 0.25) is 11.7 Å². The number of tetrazole rings is 1. The fourth-order valence-corrected chi connectivity index (χ4v) is 3.38. The van der Waals surface area contributed by atoms with Gasteiger partial charge in [0.05, 0.1) is 7.11 Å². The summed E-state index contributed by atoms with van der Waals surface area (Å²) in [6.07, 6.45) is 2.10. The fraction of sp³-hybridized carbons (Fsp3) is 0.190. The fourth-order valence-electron chi connectivity index (χ4n) is 3.25. The summed E-state index contributed by atoms with van der Waals surface area (Å²) < 4.78 is 4.87. The molecule has 0 spiro atoms. The Morgan fingerprint density at radius 3 is 2.74 bits per heavy atom. The van der Waals surface area contributed by atoms with E-state index in [1.165, 1.54) is 11.9 Å². The first kappa shape index (κ1) is 20.5. The van der Waals surface area contributed by atoms with Crippen LogP contribution in [0.2, 0.25) is 5.02 Å². The minimum atomic E-state index is -0.851. The minimum absolute atomic E-state index is 0.192. The number of hydrogen-bond donors (Lipinski definition) is 2. The summed E-state index contributed by atoms with van der Waals surface area (Å²) in [5, 5.41) is 16.4. The van der Waals surface area contributed by atoms with E-state index in [0.717, 1.165) is 22.0 Å². The van der Waals surface area contributed by atoms with Crippen molar-refractivity contribution in [2.24, 2.45) is 0 Å². The monoisotopic (exact) mass is 438 g/mol. The van der Waals surface area contributed by atoms with Crippen LogP contribution in [0.15, 0.2) is 54.7 Å². The van der Waals surface area contributed by atoms with Crippen molar-refractivity contribution in [2.75, 3.05) is 7.11 Å². The average Bonchev–Trinajstić information content (AvgIpc) is 3.40. The van der Waals surface area contributed by atoms with Crippen molar-refractivity contribution in [1.82, 2.24) is 30.5 Å². The molecule has 0 aliphatic rings. The number of rotatable bonds is 7. The number of nitrogens with zero attached hydrogens (tertiary/aromatic N) is 4. The van der Waals surface area contributed by atoms with Gasteiger partial charge >= 0.3 is 5.97 Å². The van der Waals surface area contributed by atoms with Gasteiger partial charge in [0.1, 0.15) is 12.6 Å². The van der Waals surface area contributed by atoms with Crippen LogP contribution in [-0.4, -0.2) is 50.2 Å². The lowest BCUT2D eigenvalue weighted by molar-refractivity contribution is -0.145. The standard InChI is InChI=1S/C21H19ClN6O3/c1-31-21(30)18(10-14-11-23-17-5-3-2-4-16(14)17)24-19(29)12-28-26-20(25-27-28)13-6-8-15(22)9-7-13/h2-9,11,18,23H,10,12H2,1H3,(H,24,29). The molecular formula is C21H19ClN6O3. The first-order chi connectivity index (χ1) is 15.0. The maximum atomic E-state index is 12.6. The molecule has 10 heteroatoms. The Bertz CT molecular complexity index is 1220. The van der Waals surface area contributed by atoms with Crippen molar-refractivity contribution in [2.45, 2.75) is 19.0 Å². The van der Waals surface area contributed by atoms with Gasteiger partial charge in [-0.05, 0) is 41.1 Å². The molecule has 31 heavy (non-hydrogen) atoms. The molecule has 0 fully saturated rings. The Kier molecular flexibility index (Phi) is 5.94. The summed E-state index contributed by atoms with van der Waals surface area (Å²) in [6, 6.07) is 13.8. The number of ether oxygens (including phenoxy) is 1. The van der Waals surface area contributed by atoms with Gasteiger partial charge in [0, 0.05) is 34.1 Å². The highest BCUT2D eigenvalue weighted by atomic mass is 35.5. The van der Waals surface area contributed by atoms with Crippen molar-refractivity contribution < 1.29 is 14.3 Å². The molecule has 0 saturated carbocycles. The molecule has 4 aromatic rings. The van der Waals surface area contributed by atoms with Crippen LogP contribution in [0.3, 0.4) is 0 Å². The number of methoxy groups -OCH3 is 1. The first-order valence-electron chi connectivity index (χ1n) is 9.49. The largest absolute Gasteiger partial charge is 0.467 e. The summed E-state index contributed by atoms with van der Waals surface area (Å²) in [5.41, 5.74) is 2.58. The number of hydrogen-bond acceptors (Lipinski definition) is 6. The van der Waals surface area contributed by atoms with Crippen LogP contribution < -0.4 is 5.32 Å². The molecule has 158 valence electrons. The van der Waals surface area contributed by atoms with E-state index in [1.54, 1.807) is 24.3 Å². The highest BCUT2D eigenvalue weighted by molar-refractivity contribution is 6.30. The van der Waals surface area contributed by atoms with E-state index in [1.807, 2.05) is 30.5 Å². The Hall–Kier alpha value is -3.72. The van der Waals surface area contributed by atoms with Crippen molar-refractivity contribution in [1.29, 1.82) is 0 Å². The van der Waals surface area contributed by atoms with E-state index in [0.29, 0.717) is 10.8 Å². The zero-order valence-corrected chi connectivity index (χ0v) is 17.3. The molecule has 0 aliphatic heterocycles. The second kappa shape index (κ2) is 8.97. The van der Waals surface area contributed by atoms with Crippen molar-refractivity contribution >= 4 is 34.4 Å². The molecule has 0 radical (unpaired) electrons. The predicted molar refractivity (Wildman–Crippen MR) is 114 cm³/mol. The van der Waals surface area contributed by atoms with Crippen LogP contribution in [0.25, 0.3) is 22.3 Å². The third-order valence-corrected chi connectivity index (χ3v) is 5.01. The molecule has 0 bridgehead atoms. The average molecular weight is 439 g/mol. The second-order valence-corrected chi connectivity index (χ2v) is 7.29. The zero-order chi connectivity index (χ0) is 21.8. The zero-order valence-electron chi connectivity index (χ0n) is 16.6. The number of nitrogens with one attached hydrogen (secondary N) is 2. The molecule has 1 atom stereocenters. The van der Waals surface area contributed by atoms with Gasteiger partial charge < -0.3 is 15.0 Å². The van der Waals surface area contributed by atoms with Gasteiger partial charge in [-0.3, -0.25) is 4.79 Å². The summed E-state index contributed by atoms with van der Waals surface area (Å²) in [6.45, 7) is -0.192. The number of H-pyrrole nitrogens is 1. The molecule has 1 amide bonds. The Balaban J connectivity index is 1.44. The Labute approximate surface area is 182 Å². The molecule has 0 aliphatic carbocycles. The molecule has 2 aromatic carbocycles. The predicted octanol–water partition coefficient (Wildman–Crippen LogP) is 2.38. The molecule has 2 N–H and O–H groups in total. The third kappa shape index (κ3) is 4.72. The third-order valence-electron chi connectivity index (χ3n) is 4.76. The quantitative estimate of drug-likeness (QED) is 0.428. The number of halogens is 1. The second-order valence-electron chi connectivity index (χ2n) is 6.86. The number of aromatic nitrogens is 5. The SMILES string of the molecule is COC(=O)C(Cc1c[nH]c2ccccc12)NC(=O)Cn1nnc(-c2ccc(Cl)cc2)n1. The van der Waals surface area contributed by atoms with Crippen LogP contribution in [0.4, 0.5) is 0 Å². The minimum Gasteiger partial charge on any atom is -0.467 e. The van der Waals surface area contributed by atoms with E-state index in [9.17, 15) is 9.59 Å². The first-order valence-corrected chi connectivity index (χ1v) is 9.87. The Morgan fingerprint density at radius 2 is 1.97 bits per heavy atom. The van der Waals surface area contributed by atoms with Gasteiger partial charge in [0.15, 0.2) is 0 Å². The van der Waals surface area contributed by atoms with Gasteiger partial charge in [-0.25, -0.2) is 4.79 Å². The highest BCUT2D eigenvalue weighted by Crippen LogP contribution is 2.20. The lowest BCUT2D eigenvalue weighted by Gasteiger charge is -2.16. The van der Waals surface area contributed by atoms with Crippen LogP contribution in [0.1, 0.15) is 5.56 Å². The number of amides is 1. The van der Waals surface area contributed by atoms with E-state index >= 15 is 0 Å². The molecule has 2 heterocycles. The molecular weight excluding hydrogens is 420 g/mol. The van der Waals surface area contributed by atoms with Crippen LogP contribution >= 0.6 is 11.6 Å². The maximum Gasteiger partial charge on any atom is 0.328 e. The molecule has 1 unspecified atom stereocenters. The number of carbonyl (C=O) groups is 2. The van der Waals surface area contributed by atoms with Gasteiger partial charge in [-0.1, -0.05) is 29.8 Å². The van der Waals surface area contributed by atoms with Gasteiger partial charge in [0.25, 0.3) is 0 Å². The molecule has 2 aromatic heterocycles. The van der Waals surface area contributed by atoms with Crippen LogP contribution in [-0.2, 0) is 27.3 Å². The van der Waals surface area contributed by atoms with Crippen LogP contribution in [0, 0.1) is 0 Å². The molecule has 9 nitrogen and oxygen atoms in total. The lowest BCUT2D eigenvalue weighted by atomic mass is 10.0. The van der Waals surface area contributed by atoms with Crippen molar-refractivity contribution in [3.05, 3.63) is 65.3 Å². The van der Waals surface area contributed by atoms with E-state index in [2.05, 4.69) is 25.7 Å². The number of benzene rings is 2. The molecule has 0 saturated heterocycles. The number of para-hydroxylation sites is 1. The van der Waals surface area contributed by atoms with Gasteiger partial charge in [-0.2, -0.15) is 4.80 Å². The van der Waals surface area contributed by atoms with E-state index < -0.39 is 17.9 Å². The Morgan fingerprint density at radius 1 is 1.19 bits per heavy atom. The van der Waals surface area contributed by atoms with E-state index in [-0.39, 0.29) is 13.0 Å². The van der Waals surface area contributed by atoms with Crippen LogP contribution in [0.5, 0.6) is 0 Å². The number of aromatic amines is 1. The summed E-state index contributed by atoms with van der Waals surface area (Å²) >= 11 is 5.89. The summed E-state index contributed by atoms with van der Waals surface area (Å²) in [7, 11) is 1.29. The van der Waals surface area contributed by atoms with E-state index in [4.69, 9.17) is 16.3 Å². The maximum absolute atomic E-state index is 12.6. The van der Waals surface area contributed by atoms with Crippen molar-refractivity contribution in [3.8, 4) is 11.4 Å². The lowest BCUT2D eigenvalue weighted by Crippen LogP contribution is -2.44. The topological polar surface area (TPSA) is 115 Å². The highest BCUT2D eigenvalue weighted by Gasteiger charge is 2.24. The normalized spacial score (nSPS) is 11.9. The van der Waals surface area contributed by atoms with Gasteiger partial charge in [-0.15, -0.1) is 10.2 Å². The smallest absolute Gasteiger partial charge is 0.328 e. The number of carbonyl (C=O) groups excluding carboxylic acids is 2.